The zero-order valence-electron chi connectivity index (χ0n) is 10.2. The first-order chi connectivity index (χ1) is 7.84. The lowest BCUT2D eigenvalue weighted by Gasteiger charge is -2.12. The van der Waals surface area contributed by atoms with Gasteiger partial charge in [-0.05, 0) is 42.8 Å². The van der Waals surface area contributed by atoms with Crippen molar-refractivity contribution in [1.82, 2.24) is 4.98 Å². The van der Waals surface area contributed by atoms with Crippen molar-refractivity contribution in [1.29, 1.82) is 0 Å². The van der Waals surface area contributed by atoms with Crippen molar-refractivity contribution in [3.8, 4) is 5.88 Å². The van der Waals surface area contributed by atoms with E-state index in [2.05, 4.69) is 25.3 Å². The first-order valence-corrected chi connectivity index (χ1v) is 6.90. The summed E-state index contributed by atoms with van der Waals surface area (Å²) < 4.78 is 21.1. The Morgan fingerprint density at radius 3 is 2.65 bits per heavy atom. The zero-order chi connectivity index (χ0) is 13.1. The molecule has 0 spiro atoms. The Hall–Kier alpha value is -0.750. The van der Waals surface area contributed by atoms with Crippen LogP contribution in [0.15, 0.2) is 21.1 Å². The normalized spacial score (nSPS) is 13.9. The molecule has 0 saturated heterocycles. The van der Waals surface area contributed by atoms with E-state index in [1.54, 1.807) is 19.5 Å². The molecule has 0 bridgehead atoms. The van der Waals surface area contributed by atoms with Crippen molar-refractivity contribution in [2.75, 3.05) is 7.11 Å². The van der Waals surface area contributed by atoms with Crippen LogP contribution in [0.3, 0.4) is 0 Å². The van der Waals surface area contributed by atoms with Crippen LogP contribution in [0, 0.1) is 0 Å². The van der Waals surface area contributed by atoms with Crippen LogP contribution in [0.5, 0.6) is 5.88 Å². The second kappa shape index (κ2) is 5.73. The SMILES string of the molecule is COc1ncc(/C=N/[S@](=O)C(C)(C)C)cc1Br. The van der Waals surface area contributed by atoms with Crippen LogP contribution in [0.1, 0.15) is 26.3 Å². The van der Waals surface area contributed by atoms with Crippen molar-refractivity contribution < 1.29 is 8.95 Å². The fourth-order valence-corrected chi connectivity index (χ4v) is 1.99. The molecule has 1 rings (SSSR count). The summed E-state index contributed by atoms with van der Waals surface area (Å²) >= 11 is 3.33. The fraction of sp³-hybridized carbons (Fsp3) is 0.455. The van der Waals surface area contributed by atoms with E-state index in [1.165, 1.54) is 0 Å². The number of hydrogen-bond donors (Lipinski definition) is 0. The predicted octanol–water partition coefficient (Wildman–Crippen LogP) is 2.73. The minimum atomic E-state index is -1.26. The average Bonchev–Trinajstić information content (AvgIpc) is 2.24. The predicted molar refractivity (Wildman–Crippen MR) is 74.0 cm³/mol. The molecule has 0 fully saturated rings. The molecule has 0 aromatic carbocycles. The summed E-state index contributed by atoms with van der Waals surface area (Å²) in [5, 5.41) is 0. The summed E-state index contributed by atoms with van der Waals surface area (Å²) in [6.07, 6.45) is 3.17. The molecule has 1 atom stereocenters. The summed E-state index contributed by atoms with van der Waals surface area (Å²) in [5.74, 6) is 0.513. The molecule has 0 aliphatic heterocycles. The highest BCUT2D eigenvalue weighted by atomic mass is 79.9. The molecule has 0 unspecified atom stereocenters. The number of methoxy groups -OCH3 is 1. The molecular weight excluding hydrogens is 304 g/mol. The Labute approximate surface area is 112 Å². The van der Waals surface area contributed by atoms with Crippen molar-refractivity contribution in [2.24, 2.45) is 4.40 Å². The van der Waals surface area contributed by atoms with E-state index in [-0.39, 0.29) is 4.75 Å². The second-order valence-corrected chi connectivity index (χ2v) is 7.14. The largest absolute Gasteiger partial charge is 0.480 e. The van der Waals surface area contributed by atoms with Crippen LogP contribution in [0.4, 0.5) is 0 Å². The lowest BCUT2D eigenvalue weighted by Crippen LogP contribution is -2.19. The molecule has 0 N–H and O–H groups in total. The number of nitrogens with zero attached hydrogens (tertiary/aromatic N) is 2. The van der Waals surface area contributed by atoms with E-state index < -0.39 is 11.0 Å². The van der Waals surface area contributed by atoms with Crippen LogP contribution < -0.4 is 4.74 Å². The number of aromatic nitrogens is 1. The lowest BCUT2D eigenvalue weighted by molar-refractivity contribution is 0.395. The molecule has 17 heavy (non-hydrogen) atoms. The van der Waals surface area contributed by atoms with Crippen molar-refractivity contribution in [3.63, 3.8) is 0 Å². The standard InChI is InChI=1S/C11H15BrN2O2S/c1-11(2,3)17(15)14-7-8-5-9(12)10(16-4)13-6-8/h5-7H,1-4H3/b14-7+/t17-/m1/s1. The highest BCUT2D eigenvalue weighted by Crippen LogP contribution is 2.22. The Balaban J connectivity index is 2.86. The van der Waals surface area contributed by atoms with Crippen LogP contribution in [0.2, 0.25) is 0 Å². The maximum absolute atomic E-state index is 11.7. The monoisotopic (exact) mass is 318 g/mol. The summed E-state index contributed by atoms with van der Waals surface area (Å²) in [7, 11) is 0.295. The van der Waals surface area contributed by atoms with E-state index >= 15 is 0 Å². The van der Waals surface area contributed by atoms with E-state index in [9.17, 15) is 4.21 Å². The minimum absolute atomic E-state index is 0.354. The van der Waals surface area contributed by atoms with Gasteiger partial charge in [0.15, 0.2) is 0 Å². The van der Waals surface area contributed by atoms with E-state index in [0.717, 1.165) is 10.0 Å². The Kier molecular flexibility index (Phi) is 4.82. The fourth-order valence-electron chi connectivity index (χ4n) is 0.928. The van der Waals surface area contributed by atoms with Gasteiger partial charge in [0.2, 0.25) is 5.88 Å². The minimum Gasteiger partial charge on any atom is -0.480 e. The molecular formula is C11H15BrN2O2S. The maximum atomic E-state index is 11.7. The van der Waals surface area contributed by atoms with Crippen molar-refractivity contribution in [2.45, 2.75) is 25.5 Å². The molecule has 4 nitrogen and oxygen atoms in total. The molecule has 1 aromatic heterocycles. The van der Waals surface area contributed by atoms with E-state index in [1.807, 2.05) is 26.8 Å². The molecule has 0 radical (unpaired) electrons. The Morgan fingerprint density at radius 2 is 2.18 bits per heavy atom. The van der Waals surface area contributed by atoms with Crippen LogP contribution in [0.25, 0.3) is 0 Å². The molecule has 0 aliphatic carbocycles. The molecule has 6 heteroatoms. The van der Waals surface area contributed by atoms with Gasteiger partial charge in [-0.25, -0.2) is 9.19 Å². The van der Waals surface area contributed by atoms with Crippen molar-refractivity contribution in [3.05, 3.63) is 22.3 Å². The molecule has 0 saturated carbocycles. The van der Waals surface area contributed by atoms with Gasteiger partial charge in [0.1, 0.15) is 11.0 Å². The highest BCUT2D eigenvalue weighted by Gasteiger charge is 2.18. The number of hydrogen-bond acceptors (Lipinski definition) is 3. The Bertz CT molecular complexity index is 455. The number of halogens is 1. The third kappa shape index (κ3) is 4.20. The number of pyridine rings is 1. The van der Waals surface area contributed by atoms with E-state index in [4.69, 9.17) is 4.74 Å². The summed E-state index contributed by atoms with van der Waals surface area (Å²) in [6.45, 7) is 5.63. The van der Waals surface area contributed by atoms with Gasteiger partial charge in [0, 0.05) is 18.0 Å². The average molecular weight is 319 g/mol. The molecule has 0 aliphatic rings. The van der Waals surface area contributed by atoms with Crippen LogP contribution >= 0.6 is 15.9 Å². The van der Waals surface area contributed by atoms with Gasteiger partial charge in [-0.2, -0.15) is 4.40 Å². The first kappa shape index (κ1) is 14.3. The summed E-state index contributed by atoms with van der Waals surface area (Å²) in [5.41, 5.74) is 0.773. The summed E-state index contributed by atoms with van der Waals surface area (Å²) in [6, 6.07) is 1.81. The van der Waals surface area contributed by atoms with Gasteiger partial charge in [-0.1, -0.05) is 0 Å². The Morgan fingerprint density at radius 1 is 1.53 bits per heavy atom. The maximum Gasteiger partial charge on any atom is 0.227 e. The molecule has 1 heterocycles. The van der Waals surface area contributed by atoms with Crippen molar-refractivity contribution >= 4 is 33.1 Å². The van der Waals surface area contributed by atoms with Gasteiger partial charge in [0.25, 0.3) is 0 Å². The highest BCUT2D eigenvalue weighted by molar-refractivity contribution is 9.10. The molecule has 94 valence electrons. The zero-order valence-corrected chi connectivity index (χ0v) is 12.6. The first-order valence-electron chi connectivity index (χ1n) is 5.00. The molecule has 0 amide bonds. The van der Waals surface area contributed by atoms with Gasteiger partial charge in [-0.15, -0.1) is 0 Å². The van der Waals surface area contributed by atoms with Crippen LogP contribution in [-0.4, -0.2) is 27.3 Å². The summed E-state index contributed by atoms with van der Waals surface area (Å²) in [4.78, 5) is 4.08. The lowest BCUT2D eigenvalue weighted by atomic mass is 10.3. The number of rotatable bonds is 3. The topological polar surface area (TPSA) is 51.6 Å². The van der Waals surface area contributed by atoms with Gasteiger partial charge < -0.3 is 4.74 Å². The number of ether oxygens (including phenoxy) is 1. The third-order valence-corrected chi connectivity index (χ3v) is 3.76. The van der Waals surface area contributed by atoms with Gasteiger partial charge in [0.05, 0.1) is 16.3 Å². The smallest absolute Gasteiger partial charge is 0.227 e. The van der Waals surface area contributed by atoms with Gasteiger partial charge >= 0.3 is 0 Å². The molecule has 1 aromatic rings. The quantitative estimate of drug-likeness (QED) is 0.805. The van der Waals surface area contributed by atoms with Gasteiger partial charge in [-0.3, -0.25) is 0 Å². The third-order valence-electron chi connectivity index (χ3n) is 1.84. The second-order valence-electron chi connectivity index (χ2n) is 4.36. The van der Waals surface area contributed by atoms with E-state index in [0.29, 0.717) is 5.88 Å². The van der Waals surface area contributed by atoms with Crippen LogP contribution in [-0.2, 0) is 11.0 Å².